The van der Waals surface area contributed by atoms with Crippen molar-refractivity contribution in [3.05, 3.63) is 71.8 Å². The van der Waals surface area contributed by atoms with Crippen LogP contribution < -0.4 is 21.9 Å². The van der Waals surface area contributed by atoms with E-state index < -0.39 is 160 Å². The number of likely N-dealkylation sites (tertiary alicyclic amines) is 1. The van der Waals surface area contributed by atoms with Gasteiger partial charge in [-0.3, -0.25) is 19.8 Å². The van der Waals surface area contributed by atoms with Crippen LogP contribution in [0.5, 0.6) is 0 Å². The minimum atomic E-state index is -1.91. The van der Waals surface area contributed by atoms with Gasteiger partial charge in [-0.25, -0.2) is 10.6 Å². The molecule has 4 amide bonds. The molecule has 0 aliphatic carbocycles. The number of nitrogens with zero attached hydrogens (tertiary/aromatic N) is 1. The lowest BCUT2D eigenvalue weighted by Gasteiger charge is -2.46. The van der Waals surface area contributed by atoms with Gasteiger partial charge >= 0.3 is 6.09 Å². The summed E-state index contributed by atoms with van der Waals surface area (Å²) < 4.78 is 47.0. The van der Waals surface area contributed by atoms with E-state index in [1.807, 2.05) is 5.43 Å². The maximum Gasteiger partial charge on any atom is 0.408 e. The van der Waals surface area contributed by atoms with Gasteiger partial charge < -0.3 is 94.3 Å². The zero-order valence-corrected chi connectivity index (χ0v) is 39.5. The average Bonchev–Trinajstić information content (AvgIpc) is 3.84. The van der Waals surface area contributed by atoms with E-state index in [-0.39, 0.29) is 26.2 Å². The van der Waals surface area contributed by atoms with Gasteiger partial charge in [0.15, 0.2) is 18.8 Å². The molecule has 4 saturated heterocycles. The minimum absolute atomic E-state index is 0.0730. The number of aliphatic hydroxyl groups is 8. The Kier molecular flexibility index (Phi) is 20.0. The number of carbonyl (C=O) groups is 4. The van der Waals surface area contributed by atoms with Gasteiger partial charge in [0.25, 0.3) is 5.91 Å². The third-order valence-electron chi connectivity index (χ3n) is 12.3. The lowest BCUT2D eigenvalue weighted by molar-refractivity contribution is -0.337. The molecule has 4 fully saturated rings. The molecular weight excluding hydrogens is 943 g/mol. The Morgan fingerprint density at radius 2 is 1.23 bits per heavy atom. The third-order valence-corrected chi connectivity index (χ3v) is 12.3. The summed E-state index contributed by atoms with van der Waals surface area (Å²) in [5.74, 6) is 3.10. The van der Waals surface area contributed by atoms with E-state index in [0.717, 1.165) is 0 Å². The van der Waals surface area contributed by atoms with Crippen LogP contribution in [0.15, 0.2) is 60.7 Å². The van der Waals surface area contributed by atoms with Gasteiger partial charge in [-0.2, -0.15) is 0 Å². The number of aliphatic hydroxyl groups excluding tert-OH is 8. The number of benzene rings is 2. The van der Waals surface area contributed by atoms with Crippen LogP contribution in [0.1, 0.15) is 51.2 Å². The first-order chi connectivity index (χ1) is 33.8. The second-order valence-electron chi connectivity index (χ2n) is 18.7. The Balaban J connectivity index is 1.24. The number of alkyl carbamates (subject to hydrolysis) is 1. The molecule has 0 saturated carbocycles. The highest BCUT2D eigenvalue weighted by Crippen LogP contribution is 2.31. The fourth-order valence-electron chi connectivity index (χ4n) is 8.52. The summed E-state index contributed by atoms with van der Waals surface area (Å²) in [6.45, 7) is 2.75. The fourth-order valence-corrected chi connectivity index (χ4v) is 8.52. The number of ether oxygens (including phenoxy) is 8. The Labute approximate surface area is 409 Å². The molecule has 4 aliphatic heterocycles. The maximum absolute atomic E-state index is 14.3. The van der Waals surface area contributed by atoms with Gasteiger partial charge in [0.1, 0.15) is 90.9 Å². The third kappa shape index (κ3) is 14.6. The van der Waals surface area contributed by atoms with Crippen molar-refractivity contribution < 1.29 is 97.9 Å². The first kappa shape index (κ1) is 55.8. The molecule has 4 heterocycles. The molecule has 13 N–H and O–H groups in total. The van der Waals surface area contributed by atoms with E-state index in [9.17, 15) is 60.0 Å². The molecular formula is C46H67N5O20. The lowest BCUT2D eigenvalue weighted by Crippen LogP contribution is -2.65. The highest BCUT2D eigenvalue weighted by molar-refractivity contribution is 5.94. The van der Waals surface area contributed by atoms with Crippen molar-refractivity contribution in [3.63, 3.8) is 0 Å². The first-order valence-corrected chi connectivity index (χ1v) is 23.3. The van der Waals surface area contributed by atoms with Gasteiger partial charge in [0, 0.05) is 6.54 Å². The lowest BCUT2D eigenvalue weighted by atomic mass is 9.96. The zero-order valence-electron chi connectivity index (χ0n) is 39.5. The molecule has 71 heavy (non-hydrogen) atoms. The molecule has 25 heteroatoms. The highest BCUT2D eigenvalue weighted by Gasteiger charge is 2.51. The second kappa shape index (κ2) is 25.4. The highest BCUT2D eigenvalue weighted by atomic mass is 16.7. The number of nitrogens with two attached hydrogens (primary N) is 1. The number of amides is 4. The molecule has 6 rings (SSSR count). The number of rotatable bonds is 19. The van der Waals surface area contributed by atoms with Crippen LogP contribution in [0.4, 0.5) is 4.79 Å². The Morgan fingerprint density at radius 3 is 1.76 bits per heavy atom. The van der Waals surface area contributed by atoms with Crippen molar-refractivity contribution in [2.24, 2.45) is 5.84 Å². The van der Waals surface area contributed by atoms with Crippen molar-refractivity contribution in [1.82, 2.24) is 21.0 Å². The molecule has 0 spiro atoms. The summed E-state index contributed by atoms with van der Waals surface area (Å²) >= 11 is 0. The molecule has 2 aromatic rings. The summed E-state index contributed by atoms with van der Waals surface area (Å²) in [5, 5.41) is 90.3. The summed E-state index contributed by atoms with van der Waals surface area (Å²) in [6.07, 6.45) is -25.3. The van der Waals surface area contributed by atoms with Crippen molar-refractivity contribution in [2.45, 2.75) is 163 Å². The molecule has 4 aliphatic rings. The van der Waals surface area contributed by atoms with Crippen LogP contribution in [0.3, 0.4) is 0 Å². The molecule has 25 nitrogen and oxygen atoms in total. The van der Waals surface area contributed by atoms with Crippen LogP contribution in [0.25, 0.3) is 0 Å². The number of hydrogen-bond donors (Lipinski definition) is 12. The van der Waals surface area contributed by atoms with Gasteiger partial charge in [-0.15, -0.1) is 0 Å². The zero-order chi connectivity index (χ0) is 51.6. The predicted octanol–water partition coefficient (Wildman–Crippen LogP) is -3.74. The molecule has 0 aromatic heterocycles. The van der Waals surface area contributed by atoms with Crippen molar-refractivity contribution >= 4 is 23.8 Å². The molecule has 396 valence electrons. The predicted molar refractivity (Wildman–Crippen MR) is 240 cm³/mol. The quantitative estimate of drug-likeness (QED) is 0.0366. The average molecular weight is 1010 g/mol. The summed E-state index contributed by atoms with van der Waals surface area (Å²) in [7, 11) is 0. The molecule has 0 bridgehead atoms. The van der Waals surface area contributed by atoms with Gasteiger partial charge in [-0.1, -0.05) is 60.7 Å². The Bertz CT molecular complexity index is 2020. The van der Waals surface area contributed by atoms with Crippen molar-refractivity contribution in [1.29, 1.82) is 0 Å². The number of nitrogens with one attached hydrogen (secondary N) is 3. The van der Waals surface area contributed by atoms with Crippen LogP contribution in [-0.2, 0) is 65.5 Å². The van der Waals surface area contributed by atoms with Crippen molar-refractivity contribution in [2.75, 3.05) is 26.4 Å². The first-order valence-electron chi connectivity index (χ1n) is 23.3. The molecule has 2 aromatic carbocycles. The number of carbonyl (C=O) groups excluding carboxylic acids is 4. The monoisotopic (exact) mass is 1010 g/mol. The second-order valence-corrected chi connectivity index (χ2v) is 18.7. The van der Waals surface area contributed by atoms with Gasteiger partial charge in [0.05, 0.1) is 39.5 Å². The van der Waals surface area contributed by atoms with E-state index in [1.165, 1.54) is 4.90 Å². The normalized spacial score (nSPS) is 33.7. The topological polar surface area (TPSA) is 369 Å². The number of hydrazine groups is 1. The van der Waals surface area contributed by atoms with E-state index in [1.54, 1.807) is 81.4 Å². The minimum Gasteiger partial charge on any atom is -0.444 e. The Morgan fingerprint density at radius 1 is 0.704 bits per heavy atom. The molecule has 0 radical (unpaired) electrons. The largest absolute Gasteiger partial charge is 0.444 e. The standard InChI is InChI=1S/C46H67N5O20/c1-46(2,3)71-45(63)48-25(42(62)51-16-10-15-26(51)40(61)50-47)17-30(53)49-41-39(65-20-24-13-8-5-9-14-24)38(64-19-23-11-6-4-7-12-23)33(56)29(68-41)22-67-44-37(60)35(58)32(55)28(70-44)21-66-43-36(59)34(57)31(54)27(18-52)69-43/h4-9,11-14,25-29,31-39,41,43-44,52,54-60H,10,15-22,47H2,1-3H3,(H,48,63)(H,49,53)(H,50,61)/t25-,26-,27+,28+,29+,31+,32+,33+,34-,35-,36+,37+,38-,39+,41+,43-,44+/m0/s1. The fraction of sp³-hybridized carbons (Fsp3) is 0.652. The molecule has 17 atom stereocenters. The summed E-state index contributed by atoms with van der Waals surface area (Å²) in [6, 6.07) is 15.3. The Hall–Kier alpha value is -4.52. The van der Waals surface area contributed by atoms with Crippen LogP contribution in [-0.4, -0.2) is 206 Å². The van der Waals surface area contributed by atoms with E-state index in [0.29, 0.717) is 17.5 Å². The summed E-state index contributed by atoms with van der Waals surface area (Å²) in [5.41, 5.74) is 2.44. The van der Waals surface area contributed by atoms with E-state index in [4.69, 9.17) is 43.7 Å². The van der Waals surface area contributed by atoms with Gasteiger partial charge in [0.2, 0.25) is 11.8 Å². The van der Waals surface area contributed by atoms with Crippen LogP contribution in [0, 0.1) is 0 Å². The van der Waals surface area contributed by atoms with E-state index >= 15 is 0 Å². The van der Waals surface area contributed by atoms with Crippen molar-refractivity contribution in [3.8, 4) is 0 Å². The van der Waals surface area contributed by atoms with E-state index in [2.05, 4.69) is 10.6 Å². The summed E-state index contributed by atoms with van der Waals surface area (Å²) in [4.78, 5) is 55.4. The van der Waals surface area contributed by atoms with Crippen LogP contribution >= 0.6 is 0 Å². The van der Waals surface area contributed by atoms with Gasteiger partial charge in [-0.05, 0) is 44.7 Å². The smallest absolute Gasteiger partial charge is 0.408 e. The maximum atomic E-state index is 14.3. The van der Waals surface area contributed by atoms with Crippen LogP contribution in [0.2, 0.25) is 0 Å². The SMILES string of the molecule is CC(C)(C)OC(=O)N[C@@H](CC(=O)N[C@@H]1O[C@H](CO[C@@H]2O[C@H](CO[C@H]3O[C@H](CO)[C@@H](O)[C@H](O)[C@H]3O)[C@@H](O)[C@H](O)[C@H]2O)[C@@H](O)[C@H](OCc2ccccc2)[C@H]1OCc1ccccc1)C(=O)N1CCC[C@H]1C(=O)NN. The molecule has 0 unspecified atom stereocenters. The number of hydrogen-bond acceptors (Lipinski definition) is 21.